The molecule has 0 bridgehead atoms. The van der Waals surface area contributed by atoms with E-state index in [1.54, 1.807) is 0 Å². The first-order chi connectivity index (χ1) is 8.65. The Bertz CT molecular complexity index is 422. The summed E-state index contributed by atoms with van der Waals surface area (Å²) in [4.78, 5) is 11.1. The largest absolute Gasteiger partial charge is 0.396 e. The standard InChI is InChI=1S/C13H22N4O/c1-3-11-15-12(14)9(2)13(16-11)17-6-4-5-10(7-17)8-18/h10,18H,3-8H2,1-2H3,(H2,14,15,16). The second-order valence-corrected chi connectivity index (χ2v) is 4.96. The van der Waals surface area contributed by atoms with Crippen LogP contribution in [0.15, 0.2) is 0 Å². The third-order valence-corrected chi connectivity index (χ3v) is 3.60. The number of hydrogen-bond acceptors (Lipinski definition) is 5. The molecule has 1 fully saturated rings. The van der Waals surface area contributed by atoms with Crippen molar-refractivity contribution in [3.63, 3.8) is 0 Å². The first kappa shape index (κ1) is 13.1. The van der Waals surface area contributed by atoms with E-state index in [9.17, 15) is 5.11 Å². The minimum absolute atomic E-state index is 0.247. The molecule has 0 amide bonds. The van der Waals surface area contributed by atoms with Crippen molar-refractivity contribution in [1.29, 1.82) is 0 Å². The highest BCUT2D eigenvalue weighted by atomic mass is 16.3. The van der Waals surface area contributed by atoms with Gasteiger partial charge in [0.1, 0.15) is 17.5 Å². The molecule has 1 saturated heterocycles. The highest BCUT2D eigenvalue weighted by molar-refractivity contribution is 5.56. The molecule has 0 saturated carbocycles. The van der Waals surface area contributed by atoms with E-state index < -0.39 is 0 Å². The van der Waals surface area contributed by atoms with Crippen molar-refractivity contribution in [2.45, 2.75) is 33.1 Å². The zero-order valence-electron chi connectivity index (χ0n) is 11.2. The fourth-order valence-corrected chi connectivity index (χ4v) is 2.44. The number of aliphatic hydroxyl groups excluding tert-OH is 1. The molecule has 2 heterocycles. The van der Waals surface area contributed by atoms with Gasteiger partial charge in [0.15, 0.2) is 0 Å². The molecular formula is C13H22N4O. The van der Waals surface area contributed by atoms with Gasteiger partial charge in [0.25, 0.3) is 0 Å². The Hall–Kier alpha value is -1.36. The van der Waals surface area contributed by atoms with E-state index >= 15 is 0 Å². The van der Waals surface area contributed by atoms with Crippen LogP contribution >= 0.6 is 0 Å². The predicted molar refractivity (Wildman–Crippen MR) is 72.6 cm³/mol. The molecule has 1 aliphatic rings. The summed E-state index contributed by atoms with van der Waals surface area (Å²) in [6, 6.07) is 0. The lowest BCUT2D eigenvalue weighted by Crippen LogP contribution is -2.38. The molecule has 0 spiro atoms. The number of hydrogen-bond donors (Lipinski definition) is 2. The summed E-state index contributed by atoms with van der Waals surface area (Å²) < 4.78 is 0. The van der Waals surface area contributed by atoms with Gasteiger partial charge in [-0.3, -0.25) is 0 Å². The predicted octanol–water partition coefficient (Wildman–Crippen LogP) is 1.14. The summed E-state index contributed by atoms with van der Waals surface area (Å²) in [5.41, 5.74) is 6.89. The van der Waals surface area contributed by atoms with Gasteiger partial charge in [0, 0.05) is 31.7 Å². The molecule has 3 N–H and O–H groups in total. The van der Waals surface area contributed by atoms with Crippen molar-refractivity contribution in [3.8, 4) is 0 Å². The van der Waals surface area contributed by atoms with Crippen molar-refractivity contribution in [1.82, 2.24) is 9.97 Å². The van der Waals surface area contributed by atoms with Crippen LogP contribution in [0.1, 0.15) is 31.2 Å². The minimum Gasteiger partial charge on any atom is -0.396 e. The Kier molecular flexibility index (Phi) is 4.01. The van der Waals surface area contributed by atoms with Crippen LogP contribution in [0, 0.1) is 12.8 Å². The molecule has 2 rings (SSSR count). The molecule has 1 aromatic rings. The molecular weight excluding hydrogens is 228 g/mol. The maximum Gasteiger partial charge on any atom is 0.137 e. The molecule has 1 aliphatic heterocycles. The number of aryl methyl sites for hydroxylation is 1. The fourth-order valence-electron chi connectivity index (χ4n) is 2.44. The van der Waals surface area contributed by atoms with E-state index in [1.807, 2.05) is 13.8 Å². The molecule has 0 aliphatic carbocycles. The summed E-state index contributed by atoms with van der Waals surface area (Å²) in [7, 11) is 0. The van der Waals surface area contributed by atoms with Gasteiger partial charge in [-0.05, 0) is 25.7 Å². The van der Waals surface area contributed by atoms with Gasteiger partial charge in [0.2, 0.25) is 0 Å². The molecule has 5 nitrogen and oxygen atoms in total. The molecule has 1 atom stereocenters. The van der Waals surface area contributed by atoms with Crippen LogP contribution in [0.3, 0.4) is 0 Å². The van der Waals surface area contributed by atoms with Crippen LogP contribution in [0.5, 0.6) is 0 Å². The lowest BCUT2D eigenvalue weighted by Gasteiger charge is -2.33. The number of nitrogens with zero attached hydrogens (tertiary/aromatic N) is 3. The first-order valence-corrected chi connectivity index (χ1v) is 6.64. The van der Waals surface area contributed by atoms with Gasteiger partial charge in [-0.1, -0.05) is 6.92 Å². The van der Waals surface area contributed by atoms with Gasteiger partial charge in [-0.15, -0.1) is 0 Å². The summed E-state index contributed by atoms with van der Waals surface area (Å²) in [6.07, 6.45) is 2.97. The smallest absolute Gasteiger partial charge is 0.137 e. The van der Waals surface area contributed by atoms with Gasteiger partial charge < -0.3 is 15.7 Å². The van der Waals surface area contributed by atoms with Crippen molar-refractivity contribution >= 4 is 11.6 Å². The number of aliphatic hydroxyl groups is 1. The van der Waals surface area contributed by atoms with E-state index in [0.717, 1.165) is 49.6 Å². The normalized spacial score (nSPS) is 20.2. The van der Waals surface area contributed by atoms with Gasteiger partial charge >= 0.3 is 0 Å². The number of nitrogen functional groups attached to an aromatic ring is 1. The number of anilines is 2. The van der Waals surface area contributed by atoms with Gasteiger partial charge in [-0.2, -0.15) is 0 Å². The monoisotopic (exact) mass is 250 g/mol. The Labute approximate surface area is 108 Å². The summed E-state index contributed by atoms with van der Waals surface area (Å²) in [5, 5.41) is 9.30. The van der Waals surface area contributed by atoms with Crippen LogP contribution in [-0.2, 0) is 6.42 Å². The lowest BCUT2D eigenvalue weighted by molar-refractivity contribution is 0.208. The Morgan fingerprint density at radius 1 is 1.44 bits per heavy atom. The Morgan fingerprint density at radius 3 is 2.89 bits per heavy atom. The van der Waals surface area contributed by atoms with E-state index in [-0.39, 0.29) is 6.61 Å². The van der Waals surface area contributed by atoms with Crippen molar-refractivity contribution in [2.75, 3.05) is 30.3 Å². The van der Waals surface area contributed by atoms with E-state index in [2.05, 4.69) is 14.9 Å². The molecule has 18 heavy (non-hydrogen) atoms. The second kappa shape index (κ2) is 5.52. The van der Waals surface area contributed by atoms with Crippen LogP contribution in [0.2, 0.25) is 0 Å². The van der Waals surface area contributed by atoms with Crippen molar-refractivity contribution in [3.05, 3.63) is 11.4 Å². The van der Waals surface area contributed by atoms with Gasteiger partial charge in [0.05, 0.1) is 0 Å². The maximum atomic E-state index is 9.30. The SMILES string of the molecule is CCc1nc(N)c(C)c(N2CCCC(CO)C2)n1. The van der Waals surface area contributed by atoms with Crippen LogP contribution in [-0.4, -0.2) is 34.8 Å². The summed E-state index contributed by atoms with van der Waals surface area (Å²) in [6.45, 7) is 6.08. The topological polar surface area (TPSA) is 75.3 Å². The maximum absolute atomic E-state index is 9.30. The lowest BCUT2D eigenvalue weighted by atomic mass is 9.99. The number of nitrogens with two attached hydrogens (primary N) is 1. The molecule has 0 radical (unpaired) electrons. The average molecular weight is 250 g/mol. The zero-order valence-corrected chi connectivity index (χ0v) is 11.2. The average Bonchev–Trinajstić information content (AvgIpc) is 2.41. The highest BCUT2D eigenvalue weighted by Gasteiger charge is 2.22. The second-order valence-electron chi connectivity index (χ2n) is 4.96. The minimum atomic E-state index is 0.247. The molecule has 5 heteroatoms. The van der Waals surface area contributed by atoms with Gasteiger partial charge in [-0.25, -0.2) is 9.97 Å². The molecule has 1 aromatic heterocycles. The fraction of sp³-hybridized carbons (Fsp3) is 0.692. The molecule has 0 aromatic carbocycles. The third-order valence-electron chi connectivity index (χ3n) is 3.60. The number of aromatic nitrogens is 2. The zero-order chi connectivity index (χ0) is 13.1. The van der Waals surface area contributed by atoms with E-state index in [0.29, 0.717) is 11.7 Å². The molecule has 1 unspecified atom stereocenters. The Balaban J connectivity index is 2.28. The van der Waals surface area contributed by atoms with E-state index in [4.69, 9.17) is 5.73 Å². The van der Waals surface area contributed by atoms with Crippen molar-refractivity contribution in [2.24, 2.45) is 5.92 Å². The number of rotatable bonds is 3. The summed E-state index contributed by atoms with van der Waals surface area (Å²) in [5.74, 6) is 2.65. The van der Waals surface area contributed by atoms with Crippen LogP contribution in [0.25, 0.3) is 0 Å². The van der Waals surface area contributed by atoms with Crippen LogP contribution in [0.4, 0.5) is 11.6 Å². The number of piperidine rings is 1. The molecule has 100 valence electrons. The third kappa shape index (κ3) is 2.56. The van der Waals surface area contributed by atoms with E-state index in [1.165, 1.54) is 0 Å². The first-order valence-electron chi connectivity index (χ1n) is 6.64. The highest BCUT2D eigenvalue weighted by Crippen LogP contribution is 2.26. The van der Waals surface area contributed by atoms with Crippen molar-refractivity contribution < 1.29 is 5.11 Å². The summed E-state index contributed by atoms with van der Waals surface area (Å²) >= 11 is 0. The quantitative estimate of drug-likeness (QED) is 0.841. The van der Waals surface area contributed by atoms with Crippen LogP contribution < -0.4 is 10.6 Å². The Morgan fingerprint density at radius 2 is 2.22 bits per heavy atom.